The van der Waals surface area contributed by atoms with Crippen LogP contribution in [0.2, 0.25) is 0 Å². The number of fused-ring (bicyclic) bond motifs is 1. The summed E-state index contributed by atoms with van der Waals surface area (Å²) in [4.78, 5) is 0. The molecule has 2 heteroatoms. The van der Waals surface area contributed by atoms with Crippen molar-refractivity contribution in [1.29, 1.82) is 0 Å². The molecule has 2 nitrogen and oxygen atoms in total. The predicted octanol–water partition coefficient (Wildman–Crippen LogP) is 3.65. The second-order valence-corrected chi connectivity index (χ2v) is 6.60. The van der Waals surface area contributed by atoms with Gasteiger partial charge in [-0.15, -0.1) is 0 Å². The molecule has 1 aromatic carbocycles. The standard InChI is InChI=1S/C18H27NO/c1-3-8-19-18(16-11-14-10-15(14)12-16)9-13-4-6-17(20-2)7-5-13/h4-7,14-16,18-19H,3,8-12H2,1-2H3. The molecule has 3 unspecified atom stereocenters. The van der Waals surface area contributed by atoms with Crippen molar-refractivity contribution in [2.75, 3.05) is 13.7 Å². The molecule has 0 aliphatic heterocycles. The first kappa shape index (κ1) is 13.9. The van der Waals surface area contributed by atoms with E-state index in [4.69, 9.17) is 4.74 Å². The number of ether oxygens (including phenoxy) is 1. The number of benzene rings is 1. The van der Waals surface area contributed by atoms with Gasteiger partial charge in [-0.1, -0.05) is 19.1 Å². The largest absolute Gasteiger partial charge is 0.497 e. The van der Waals surface area contributed by atoms with Gasteiger partial charge in [0, 0.05) is 6.04 Å². The molecule has 2 fully saturated rings. The van der Waals surface area contributed by atoms with E-state index in [1.807, 2.05) is 0 Å². The molecule has 3 atom stereocenters. The summed E-state index contributed by atoms with van der Waals surface area (Å²) in [5.74, 6) is 3.99. The smallest absolute Gasteiger partial charge is 0.118 e. The number of hydrogen-bond donors (Lipinski definition) is 1. The molecule has 0 spiro atoms. The van der Waals surface area contributed by atoms with E-state index in [0.29, 0.717) is 6.04 Å². The molecule has 0 saturated heterocycles. The minimum absolute atomic E-state index is 0.663. The fourth-order valence-electron chi connectivity index (χ4n) is 3.84. The van der Waals surface area contributed by atoms with E-state index < -0.39 is 0 Å². The Morgan fingerprint density at radius 3 is 2.45 bits per heavy atom. The minimum Gasteiger partial charge on any atom is -0.497 e. The van der Waals surface area contributed by atoms with Crippen molar-refractivity contribution in [2.45, 2.75) is 45.1 Å². The summed E-state index contributed by atoms with van der Waals surface area (Å²) in [5.41, 5.74) is 1.43. The molecule has 2 saturated carbocycles. The summed E-state index contributed by atoms with van der Waals surface area (Å²) in [6, 6.07) is 9.26. The fraction of sp³-hybridized carbons (Fsp3) is 0.667. The Morgan fingerprint density at radius 1 is 1.15 bits per heavy atom. The van der Waals surface area contributed by atoms with Gasteiger partial charge < -0.3 is 10.1 Å². The summed E-state index contributed by atoms with van der Waals surface area (Å²) in [6.07, 6.45) is 6.82. The van der Waals surface area contributed by atoms with Crippen molar-refractivity contribution in [3.05, 3.63) is 29.8 Å². The zero-order valence-corrected chi connectivity index (χ0v) is 12.8. The Kier molecular flexibility index (Phi) is 4.30. The van der Waals surface area contributed by atoms with Crippen molar-refractivity contribution < 1.29 is 4.74 Å². The third kappa shape index (κ3) is 3.17. The minimum atomic E-state index is 0.663. The lowest BCUT2D eigenvalue weighted by Gasteiger charge is -2.26. The molecule has 20 heavy (non-hydrogen) atoms. The lowest BCUT2D eigenvalue weighted by Crippen LogP contribution is -2.38. The van der Waals surface area contributed by atoms with Crippen LogP contribution in [-0.2, 0) is 6.42 Å². The average Bonchev–Trinajstić information content (AvgIpc) is 3.10. The van der Waals surface area contributed by atoms with E-state index in [2.05, 4.69) is 36.5 Å². The monoisotopic (exact) mass is 273 g/mol. The maximum atomic E-state index is 5.24. The van der Waals surface area contributed by atoms with Gasteiger partial charge in [0.2, 0.25) is 0 Å². The van der Waals surface area contributed by atoms with Crippen molar-refractivity contribution >= 4 is 0 Å². The highest BCUT2D eigenvalue weighted by atomic mass is 16.5. The van der Waals surface area contributed by atoms with Gasteiger partial charge >= 0.3 is 0 Å². The highest BCUT2D eigenvalue weighted by Crippen LogP contribution is 2.55. The van der Waals surface area contributed by atoms with Crippen LogP contribution in [0, 0.1) is 17.8 Å². The number of methoxy groups -OCH3 is 1. The highest BCUT2D eigenvalue weighted by Gasteiger charge is 2.47. The van der Waals surface area contributed by atoms with E-state index in [-0.39, 0.29) is 0 Å². The molecule has 1 aromatic rings. The molecule has 0 bridgehead atoms. The van der Waals surface area contributed by atoms with Crippen LogP contribution < -0.4 is 10.1 Å². The van der Waals surface area contributed by atoms with Gasteiger partial charge in [0.25, 0.3) is 0 Å². The summed E-state index contributed by atoms with van der Waals surface area (Å²) < 4.78 is 5.24. The van der Waals surface area contributed by atoms with E-state index in [1.165, 1.54) is 31.2 Å². The number of hydrogen-bond acceptors (Lipinski definition) is 2. The Bertz CT molecular complexity index is 418. The van der Waals surface area contributed by atoms with Crippen molar-refractivity contribution in [2.24, 2.45) is 17.8 Å². The first-order valence-corrected chi connectivity index (χ1v) is 8.16. The molecule has 3 rings (SSSR count). The maximum absolute atomic E-state index is 5.24. The average molecular weight is 273 g/mol. The SMILES string of the molecule is CCCNC(Cc1ccc(OC)cc1)C1CC2CC2C1. The second kappa shape index (κ2) is 6.17. The van der Waals surface area contributed by atoms with Crippen molar-refractivity contribution in [3.63, 3.8) is 0 Å². The first-order chi connectivity index (χ1) is 9.80. The molecule has 0 heterocycles. The van der Waals surface area contributed by atoms with Crippen LogP contribution in [0.5, 0.6) is 5.75 Å². The molecular formula is C18H27NO. The van der Waals surface area contributed by atoms with E-state index in [0.717, 1.165) is 36.5 Å². The second-order valence-electron chi connectivity index (χ2n) is 6.60. The zero-order valence-electron chi connectivity index (χ0n) is 12.8. The van der Waals surface area contributed by atoms with Crippen LogP contribution in [0.3, 0.4) is 0 Å². The zero-order chi connectivity index (χ0) is 13.9. The maximum Gasteiger partial charge on any atom is 0.118 e. The Morgan fingerprint density at radius 2 is 1.85 bits per heavy atom. The Balaban J connectivity index is 1.61. The third-order valence-electron chi connectivity index (χ3n) is 5.12. The number of rotatable bonds is 7. The van der Waals surface area contributed by atoms with Crippen molar-refractivity contribution in [3.8, 4) is 5.75 Å². The molecule has 0 amide bonds. The lowest BCUT2D eigenvalue weighted by molar-refractivity contribution is 0.332. The van der Waals surface area contributed by atoms with Gasteiger partial charge in [0.1, 0.15) is 5.75 Å². The first-order valence-electron chi connectivity index (χ1n) is 8.16. The van der Waals surface area contributed by atoms with E-state index >= 15 is 0 Å². The Hall–Kier alpha value is -1.02. The molecule has 2 aliphatic carbocycles. The predicted molar refractivity (Wildman–Crippen MR) is 83.1 cm³/mol. The van der Waals surface area contributed by atoms with Gasteiger partial charge in [-0.3, -0.25) is 0 Å². The van der Waals surface area contributed by atoms with Gasteiger partial charge in [-0.05, 0) is 74.1 Å². The molecule has 0 aromatic heterocycles. The lowest BCUT2D eigenvalue weighted by atomic mass is 9.89. The van der Waals surface area contributed by atoms with Crippen LogP contribution in [0.25, 0.3) is 0 Å². The third-order valence-corrected chi connectivity index (χ3v) is 5.12. The summed E-state index contributed by atoms with van der Waals surface area (Å²) in [5, 5.41) is 3.80. The molecule has 0 radical (unpaired) electrons. The van der Waals surface area contributed by atoms with Crippen LogP contribution in [0.1, 0.15) is 38.2 Å². The van der Waals surface area contributed by atoms with E-state index in [1.54, 1.807) is 7.11 Å². The van der Waals surface area contributed by atoms with Crippen LogP contribution >= 0.6 is 0 Å². The highest BCUT2D eigenvalue weighted by molar-refractivity contribution is 5.27. The van der Waals surface area contributed by atoms with Gasteiger partial charge in [-0.2, -0.15) is 0 Å². The number of nitrogens with one attached hydrogen (secondary N) is 1. The summed E-state index contributed by atoms with van der Waals surface area (Å²) in [6.45, 7) is 3.40. The normalized spacial score (nSPS) is 29.0. The van der Waals surface area contributed by atoms with Crippen LogP contribution in [-0.4, -0.2) is 19.7 Å². The summed E-state index contributed by atoms with van der Waals surface area (Å²) >= 11 is 0. The molecule has 1 N–H and O–H groups in total. The van der Waals surface area contributed by atoms with Crippen LogP contribution in [0.15, 0.2) is 24.3 Å². The topological polar surface area (TPSA) is 21.3 Å². The van der Waals surface area contributed by atoms with Crippen LogP contribution in [0.4, 0.5) is 0 Å². The van der Waals surface area contributed by atoms with Crippen molar-refractivity contribution in [1.82, 2.24) is 5.32 Å². The van der Waals surface area contributed by atoms with Gasteiger partial charge in [0.05, 0.1) is 7.11 Å². The van der Waals surface area contributed by atoms with Gasteiger partial charge in [0.15, 0.2) is 0 Å². The summed E-state index contributed by atoms with van der Waals surface area (Å²) in [7, 11) is 1.73. The Labute approximate surface area is 122 Å². The quantitative estimate of drug-likeness (QED) is 0.818. The fourth-order valence-corrected chi connectivity index (χ4v) is 3.84. The molecule has 2 aliphatic rings. The van der Waals surface area contributed by atoms with Gasteiger partial charge in [-0.25, -0.2) is 0 Å². The molecular weight excluding hydrogens is 246 g/mol. The molecule has 110 valence electrons. The van der Waals surface area contributed by atoms with E-state index in [9.17, 15) is 0 Å².